The van der Waals surface area contributed by atoms with Crippen molar-refractivity contribution in [2.75, 3.05) is 11.9 Å². The normalized spacial score (nSPS) is 19.1. The molecule has 0 amide bonds. The highest BCUT2D eigenvalue weighted by molar-refractivity contribution is 5.26. The van der Waals surface area contributed by atoms with Gasteiger partial charge in [0.05, 0.1) is 0 Å². The molecule has 1 saturated carbocycles. The monoisotopic (exact) mass is 249 g/mol. The molecule has 1 aromatic rings. The van der Waals surface area contributed by atoms with Crippen LogP contribution in [0.4, 0.5) is 5.95 Å². The predicted octanol–water partition coefficient (Wildman–Crippen LogP) is 4.09. The minimum atomic E-state index is 0.665. The van der Waals surface area contributed by atoms with Crippen molar-refractivity contribution in [2.45, 2.75) is 58.9 Å². The van der Waals surface area contributed by atoms with E-state index in [1.807, 2.05) is 6.20 Å². The number of aromatic nitrogens is 2. The Balaban J connectivity index is 1.94. The third kappa shape index (κ3) is 3.27. The summed E-state index contributed by atoms with van der Waals surface area (Å²) in [7, 11) is 0. The van der Waals surface area contributed by atoms with Gasteiger partial charge in [-0.25, -0.2) is 4.98 Å². The summed E-state index contributed by atoms with van der Waals surface area (Å²) in [5, 5.41) is 3.52. The SMILES string of the molecule is CC(C)C(C)CNc1nccn1C1CCCCC1. The molecule has 1 N–H and O–H groups in total. The molecule has 1 atom stereocenters. The first-order valence-corrected chi connectivity index (χ1v) is 7.45. The minimum absolute atomic E-state index is 0.665. The zero-order valence-electron chi connectivity index (χ0n) is 12.0. The third-order valence-electron chi connectivity index (χ3n) is 4.36. The van der Waals surface area contributed by atoms with E-state index in [1.165, 1.54) is 32.1 Å². The van der Waals surface area contributed by atoms with Crippen LogP contribution in [0.25, 0.3) is 0 Å². The lowest BCUT2D eigenvalue weighted by atomic mass is 9.95. The number of nitrogens with zero attached hydrogens (tertiary/aromatic N) is 2. The van der Waals surface area contributed by atoms with Crippen molar-refractivity contribution >= 4 is 5.95 Å². The Hall–Kier alpha value is -0.990. The molecule has 1 aliphatic rings. The van der Waals surface area contributed by atoms with Crippen molar-refractivity contribution in [2.24, 2.45) is 11.8 Å². The van der Waals surface area contributed by atoms with Gasteiger partial charge in [-0.1, -0.05) is 40.0 Å². The van der Waals surface area contributed by atoms with Gasteiger partial charge in [-0.2, -0.15) is 0 Å². The molecule has 0 spiro atoms. The van der Waals surface area contributed by atoms with Crippen LogP contribution in [0.15, 0.2) is 12.4 Å². The molecule has 1 unspecified atom stereocenters. The van der Waals surface area contributed by atoms with Crippen LogP contribution >= 0.6 is 0 Å². The number of nitrogens with one attached hydrogen (secondary N) is 1. The van der Waals surface area contributed by atoms with Crippen molar-refractivity contribution in [3.8, 4) is 0 Å². The third-order valence-corrected chi connectivity index (χ3v) is 4.36. The minimum Gasteiger partial charge on any atom is -0.355 e. The predicted molar refractivity (Wildman–Crippen MR) is 76.8 cm³/mol. The maximum atomic E-state index is 4.47. The van der Waals surface area contributed by atoms with E-state index in [-0.39, 0.29) is 0 Å². The first kappa shape index (κ1) is 13.4. The maximum absolute atomic E-state index is 4.47. The zero-order chi connectivity index (χ0) is 13.0. The molecule has 0 saturated heterocycles. The fraction of sp³-hybridized carbons (Fsp3) is 0.800. The van der Waals surface area contributed by atoms with Crippen molar-refractivity contribution < 1.29 is 0 Å². The van der Waals surface area contributed by atoms with Crippen LogP contribution in [0.1, 0.15) is 58.9 Å². The second-order valence-corrected chi connectivity index (χ2v) is 6.05. The molecular formula is C15H27N3. The van der Waals surface area contributed by atoms with E-state index in [2.05, 4.69) is 41.8 Å². The topological polar surface area (TPSA) is 29.9 Å². The van der Waals surface area contributed by atoms with Crippen molar-refractivity contribution in [3.63, 3.8) is 0 Å². The van der Waals surface area contributed by atoms with Crippen molar-refractivity contribution in [3.05, 3.63) is 12.4 Å². The zero-order valence-corrected chi connectivity index (χ0v) is 12.0. The molecule has 2 rings (SSSR count). The Kier molecular flexibility index (Phi) is 4.67. The highest BCUT2D eigenvalue weighted by Crippen LogP contribution is 2.30. The van der Waals surface area contributed by atoms with E-state index in [0.717, 1.165) is 18.4 Å². The van der Waals surface area contributed by atoms with Gasteiger partial charge < -0.3 is 9.88 Å². The average Bonchev–Trinajstić information content (AvgIpc) is 2.85. The number of imidazole rings is 1. The Morgan fingerprint density at radius 2 is 2.00 bits per heavy atom. The van der Waals surface area contributed by atoms with Crippen LogP contribution in [0.2, 0.25) is 0 Å². The van der Waals surface area contributed by atoms with Gasteiger partial charge >= 0.3 is 0 Å². The summed E-state index contributed by atoms with van der Waals surface area (Å²) in [6, 6.07) is 0.665. The number of hydrogen-bond donors (Lipinski definition) is 1. The van der Waals surface area contributed by atoms with Crippen molar-refractivity contribution in [1.29, 1.82) is 0 Å². The van der Waals surface area contributed by atoms with Crippen LogP contribution in [-0.2, 0) is 0 Å². The summed E-state index contributed by atoms with van der Waals surface area (Å²) < 4.78 is 2.35. The van der Waals surface area contributed by atoms with Gasteiger partial charge in [-0.15, -0.1) is 0 Å². The van der Waals surface area contributed by atoms with Gasteiger partial charge in [-0.05, 0) is 24.7 Å². The number of hydrogen-bond acceptors (Lipinski definition) is 2. The maximum Gasteiger partial charge on any atom is 0.203 e. The molecule has 3 heteroatoms. The Morgan fingerprint density at radius 3 is 2.67 bits per heavy atom. The molecule has 3 nitrogen and oxygen atoms in total. The molecule has 1 fully saturated rings. The quantitative estimate of drug-likeness (QED) is 0.851. The molecule has 1 aliphatic carbocycles. The van der Waals surface area contributed by atoms with Crippen LogP contribution in [0, 0.1) is 11.8 Å². The summed E-state index contributed by atoms with van der Waals surface area (Å²) in [5.74, 6) is 2.46. The van der Waals surface area contributed by atoms with E-state index < -0.39 is 0 Å². The summed E-state index contributed by atoms with van der Waals surface area (Å²) >= 11 is 0. The van der Waals surface area contributed by atoms with E-state index >= 15 is 0 Å². The van der Waals surface area contributed by atoms with Crippen LogP contribution in [0.5, 0.6) is 0 Å². The molecule has 1 heterocycles. The lowest BCUT2D eigenvalue weighted by Gasteiger charge is -2.25. The van der Waals surface area contributed by atoms with Gasteiger partial charge in [0.2, 0.25) is 5.95 Å². The first-order chi connectivity index (χ1) is 8.68. The van der Waals surface area contributed by atoms with E-state index in [9.17, 15) is 0 Å². The Bertz CT molecular complexity index is 350. The highest BCUT2D eigenvalue weighted by atomic mass is 15.2. The summed E-state index contributed by atoms with van der Waals surface area (Å²) in [6.07, 6.45) is 10.8. The van der Waals surface area contributed by atoms with E-state index in [4.69, 9.17) is 0 Å². The second-order valence-electron chi connectivity index (χ2n) is 6.05. The molecule has 102 valence electrons. The average molecular weight is 249 g/mol. The molecular weight excluding hydrogens is 222 g/mol. The fourth-order valence-electron chi connectivity index (χ4n) is 2.59. The lowest BCUT2D eigenvalue weighted by molar-refractivity contribution is 0.354. The number of anilines is 1. The molecule has 0 aromatic carbocycles. The molecule has 18 heavy (non-hydrogen) atoms. The van der Waals surface area contributed by atoms with Crippen LogP contribution in [0.3, 0.4) is 0 Å². The van der Waals surface area contributed by atoms with Gasteiger partial charge in [0.15, 0.2) is 0 Å². The summed E-state index contributed by atoms with van der Waals surface area (Å²) in [4.78, 5) is 4.47. The van der Waals surface area contributed by atoms with Crippen LogP contribution in [-0.4, -0.2) is 16.1 Å². The van der Waals surface area contributed by atoms with Crippen LogP contribution < -0.4 is 5.32 Å². The Morgan fingerprint density at radius 1 is 1.28 bits per heavy atom. The Labute approximate surface area is 111 Å². The lowest BCUT2D eigenvalue weighted by Crippen LogP contribution is -2.20. The van der Waals surface area contributed by atoms with Gasteiger partial charge in [-0.3, -0.25) is 0 Å². The molecule has 1 aromatic heterocycles. The molecule has 0 radical (unpaired) electrons. The largest absolute Gasteiger partial charge is 0.355 e. The summed E-state index contributed by atoms with van der Waals surface area (Å²) in [5.41, 5.74) is 0. The standard InChI is InChI=1S/C15H27N3/c1-12(2)13(3)11-17-15-16-9-10-18(15)14-7-5-4-6-8-14/h9-10,12-14H,4-8,11H2,1-3H3,(H,16,17). The van der Waals surface area contributed by atoms with Gasteiger partial charge in [0, 0.05) is 25.0 Å². The first-order valence-electron chi connectivity index (χ1n) is 7.45. The second kappa shape index (κ2) is 6.26. The van der Waals surface area contributed by atoms with Gasteiger partial charge in [0.1, 0.15) is 0 Å². The van der Waals surface area contributed by atoms with E-state index in [0.29, 0.717) is 12.0 Å². The van der Waals surface area contributed by atoms with Crippen molar-refractivity contribution in [1.82, 2.24) is 9.55 Å². The van der Waals surface area contributed by atoms with Gasteiger partial charge in [0.25, 0.3) is 0 Å². The fourth-order valence-corrected chi connectivity index (χ4v) is 2.59. The smallest absolute Gasteiger partial charge is 0.203 e. The summed E-state index contributed by atoms with van der Waals surface area (Å²) in [6.45, 7) is 7.87. The molecule has 0 bridgehead atoms. The number of rotatable bonds is 5. The molecule has 0 aliphatic heterocycles. The van der Waals surface area contributed by atoms with E-state index in [1.54, 1.807) is 0 Å². The highest BCUT2D eigenvalue weighted by Gasteiger charge is 2.18.